The van der Waals surface area contributed by atoms with Crippen molar-refractivity contribution in [2.75, 3.05) is 31.9 Å². The molecule has 10 nitrogen and oxygen atoms in total. The molecule has 2 aromatic carbocycles. The Balaban J connectivity index is 1.19. The minimum Gasteiger partial charge on any atom is -0.399 e. The Labute approximate surface area is 208 Å². The van der Waals surface area contributed by atoms with Crippen LogP contribution in [0.2, 0.25) is 0 Å². The molecule has 2 saturated heterocycles. The van der Waals surface area contributed by atoms with Crippen molar-refractivity contribution in [1.29, 1.82) is 0 Å². The van der Waals surface area contributed by atoms with Gasteiger partial charge >= 0.3 is 0 Å². The Morgan fingerprint density at radius 2 is 1.56 bits per heavy atom. The molecule has 0 saturated carbocycles. The fourth-order valence-electron chi connectivity index (χ4n) is 4.95. The van der Waals surface area contributed by atoms with Gasteiger partial charge < -0.3 is 10.6 Å². The maximum absolute atomic E-state index is 13.0. The van der Waals surface area contributed by atoms with E-state index in [0.717, 1.165) is 16.0 Å². The van der Waals surface area contributed by atoms with Crippen LogP contribution in [-0.4, -0.2) is 76.5 Å². The molecule has 3 aliphatic heterocycles. The summed E-state index contributed by atoms with van der Waals surface area (Å²) in [6, 6.07) is 11.5. The molecule has 0 spiro atoms. The van der Waals surface area contributed by atoms with Crippen LogP contribution in [-0.2, 0) is 27.3 Å². The van der Waals surface area contributed by atoms with Crippen LogP contribution in [0.15, 0.2) is 42.5 Å². The first kappa shape index (κ1) is 23.7. The highest BCUT2D eigenvalue weighted by Crippen LogP contribution is 2.28. The molecule has 3 heterocycles. The van der Waals surface area contributed by atoms with Crippen molar-refractivity contribution in [3.63, 3.8) is 0 Å². The van der Waals surface area contributed by atoms with Gasteiger partial charge in [0.25, 0.3) is 11.8 Å². The average Bonchev–Trinajstić information content (AvgIpc) is 3.10. The zero-order valence-electron chi connectivity index (χ0n) is 19.7. The molecule has 36 heavy (non-hydrogen) atoms. The molecule has 3 N–H and O–H groups in total. The predicted molar refractivity (Wildman–Crippen MR) is 130 cm³/mol. The smallest absolute Gasteiger partial charge is 0.262 e. The summed E-state index contributed by atoms with van der Waals surface area (Å²) in [6.45, 7) is 3.19. The summed E-state index contributed by atoms with van der Waals surface area (Å²) >= 11 is 0. The van der Waals surface area contributed by atoms with Crippen molar-refractivity contribution in [3.8, 4) is 0 Å². The zero-order valence-corrected chi connectivity index (χ0v) is 19.7. The molecular weight excluding hydrogens is 462 g/mol. The number of carbonyl (C=O) groups is 5. The molecule has 3 aliphatic rings. The number of imide groups is 2. The molecule has 0 aliphatic carbocycles. The lowest BCUT2D eigenvalue weighted by atomic mass is 10.0. The first-order valence-corrected chi connectivity index (χ1v) is 12.0. The van der Waals surface area contributed by atoms with Crippen LogP contribution >= 0.6 is 0 Å². The van der Waals surface area contributed by atoms with E-state index in [0.29, 0.717) is 44.8 Å². The SMILES string of the molecule is Nc1ccc(CC(=O)N2CCN(Cc3ccc4c(c3)C(=O)N(C3CCC(=O)NC3=O)C4=O)CC2)cc1. The summed E-state index contributed by atoms with van der Waals surface area (Å²) in [5, 5.41) is 2.20. The van der Waals surface area contributed by atoms with E-state index in [9.17, 15) is 24.0 Å². The second-order valence-electron chi connectivity index (χ2n) is 9.40. The number of hydrogen-bond acceptors (Lipinski definition) is 7. The van der Waals surface area contributed by atoms with E-state index in [1.807, 2.05) is 23.1 Å². The van der Waals surface area contributed by atoms with E-state index >= 15 is 0 Å². The Morgan fingerprint density at radius 3 is 2.25 bits per heavy atom. The molecule has 2 aromatic rings. The van der Waals surface area contributed by atoms with E-state index in [4.69, 9.17) is 5.73 Å². The molecular formula is C26H27N5O5. The summed E-state index contributed by atoms with van der Waals surface area (Å²) in [4.78, 5) is 67.3. The van der Waals surface area contributed by atoms with Gasteiger partial charge in [-0.15, -0.1) is 0 Å². The van der Waals surface area contributed by atoms with Crippen LogP contribution in [0.4, 0.5) is 5.69 Å². The molecule has 1 atom stereocenters. The number of nitrogens with two attached hydrogens (primary N) is 1. The third-order valence-corrected chi connectivity index (χ3v) is 6.97. The maximum atomic E-state index is 13.0. The van der Waals surface area contributed by atoms with Gasteiger partial charge in [-0.1, -0.05) is 18.2 Å². The highest BCUT2D eigenvalue weighted by atomic mass is 16.2. The van der Waals surface area contributed by atoms with Crippen molar-refractivity contribution in [2.24, 2.45) is 0 Å². The lowest BCUT2D eigenvalue weighted by Crippen LogP contribution is -2.54. The largest absolute Gasteiger partial charge is 0.399 e. The van der Waals surface area contributed by atoms with Gasteiger partial charge in [0.05, 0.1) is 17.5 Å². The van der Waals surface area contributed by atoms with Gasteiger partial charge in [-0.05, 0) is 41.8 Å². The number of carbonyl (C=O) groups excluding carboxylic acids is 5. The quantitative estimate of drug-likeness (QED) is 0.463. The minimum absolute atomic E-state index is 0.0783. The molecule has 0 radical (unpaired) electrons. The Bertz CT molecular complexity index is 1250. The fraction of sp³-hybridized carbons (Fsp3) is 0.346. The van der Waals surface area contributed by atoms with Gasteiger partial charge in [-0.25, -0.2) is 0 Å². The maximum Gasteiger partial charge on any atom is 0.262 e. The second-order valence-corrected chi connectivity index (χ2v) is 9.40. The third-order valence-electron chi connectivity index (χ3n) is 6.97. The van der Waals surface area contributed by atoms with Crippen LogP contribution in [0, 0.1) is 0 Å². The fourth-order valence-corrected chi connectivity index (χ4v) is 4.95. The summed E-state index contributed by atoms with van der Waals surface area (Å²) in [6.07, 6.45) is 0.554. The normalized spacial score (nSPS) is 20.5. The monoisotopic (exact) mass is 489 g/mol. The topological polar surface area (TPSA) is 133 Å². The van der Waals surface area contributed by atoms with Crippen LogP contribution < -0.4 is 11.1 Å². The number of nitrogens with zero attached hydrogens (tertiary/aromatic N) is 3. The number of benzene rings is 2. The molecule has 0 aromatic heterocycles. The van der Waals surface area contributed by atoms with Gasteiger partial charge in [-0.3, -0.25) is 39.1 Å². The Hall–Kier alpha value is -4.05. The lowest BCUT2D eigenvalue weighted by molar-refractivity contribution is -0.136. The molecule has 5 rings (SSSR count). The molecule has 186 valence electrons. The standard InChI is InChI=1S/C26H27N5O5/c27-18-4-1-16(2-5-18)14-23(33)30-11-9-29(10-12-30)15-17-3-6-19-20(13-17)26(36)31(25(19)35)21-7-8-22(32)28-24(21)34/h1-6,13,21H,7-12,14-15,27H2,(H,28,32,34). The first-order chi connectivity index (χ1) is 17.3. The average molecular weight is 490 g/mol. The van der Waals surface area contributed by atoms with Crippen molar-refractivity contribution in [3.05, 3.63) is 64.7 Å². The van der Waals surface area contributed by atoms with Crippen molar-refractivity contribution in [1.82, 2.24) is 20.0 Å². The summed E-state index contributed by atoms with van der Waals surface area (Å²) in [5.41, 5.74) is 8.73. The number of nitrogen functional groups attached to an aromatic ring is 1. The van der Waals surface area contributed by atoms with E-state index in [1.54, 1.807) is 24.3 Å². The number of anilines is 1. The van der Waals surface area contributed by atoms with Gasteiger partial charge in [-0.2, -0.15) is 0 Å². The van der Waals surface area contributed by atoms with E-state index < -0.39 is 29.7 Å². The molecule has 10 heteroatoms. The Kier molecular flexibility index (Phi) is 6.27. The van der Waals surface area contributed by atoms with E-state index in [2.05, 4.69) is 10.2 Å². The van der Waals surface area contributed by atoms with E-state index in [-0.39, 0.29) is 29.9 Å². The van der Waals surface area contributed by atoms with Gasteiger partial charge in [0.1, 0.15) is 6.04 Å². The van der Waals surface area contributed by atoms with Gasteiger partial charge in [0.15, 0.2) is 0 Å². The van der Waals surface area contributed by atoms with Crippen LogP contribution in [0.5, 0.6) is 0 Å². The number of rotatable bonds is 5. The lowest BCUT2D eigenvalue weighted by Gasteiger charge is -2.35. The number of fused-ring (bicyclic) bond motifs is 1. The molecule has 0 bridgehead atoms. The second kappa shape index (κ2) is 9.54. The van der Waals surface area contributed by atoms with Gasteiger partial charge in [0, 0.05) is 44.8 Å². The Morgan fingerprint density at radius 1 is 0.889 bits per heavy atom. The highest BCUT2D eigenvalue weighted by Gasteiger charge is 2.44. The summed E-state index contributed by atoms with van der Waals surface area (Å²) < 4.78 is 0. The van der Waals surface area contributed by atoms with Crippen molar-refractivity contribution in [2.45, 2.75) is 31.8 Å². The molecule has 5 amide bonds. The van der Waals surface area contributed by atoms with Crippen LogP contribution in [0.25, 0.3) is 0 Å². The predicted octanol–water partition coefficient (Wildman–Crippen LogP) is 0.557. The first-order valence-electron chi connectivity index (χ1n) is 12.0. The zero-order chi connectivity index (χ0) is 25.4. The molecule has 2 fully saturated rings. The van der Waals surface area contributed by atoms with Crippen molar-refractivity contribution >= 4 is 35.2 Å². The van der Waals surface area contributed by atoms with Crippen LogP contribution in [0.1, 0.15) is 44.7 Å². The summed E-state index contributed by atoms with van der Waals surface area (Å²) in [5.74, 6) is -1.96. The van der Waals surface area contributed by atoms with E-state index in [1.165, 1.54) is 0 Å². The van der Waals surface area contributed by atoms with Crippen molar-refractivity contribution < 1.29 is 24.0 Å². The number of piperazine rings is 1. The number of amides is 5. The highest BCUT2D eigenvalue weighted by molar-refractivity contribution is 6.23. The van der Waals surface area contributed by atoms with Gasteiger partial charge in [0.2, 0.25) is 17.7 Å². The number of piperidine rings is 1. The minimum atomic E-state index is -0.975. The molecule has 1 unspecified atom stereocenters. The van der Waals surface area contributed by atoms with Crippen LogP contribution in [0.3, 0.4) is 0 Å². The number of nitrogens with one attached hydrogen (secondary N) is 1. The third kappa shape index (κ3) is 4.59. The number of hydrogen-bond donors (Lipinski definition) is 2. The summed E-state index contributed by atoms with van der Waals surface area (Å²) in [7, 11) is 0.